The summed E-state index contributed by atoms with van der Waals surface area (Å²) < 4.78 is 2.67. The largest absolute Gasteiger partial charge is 1.00 e. The predicted molar refractivity (Wildman–Crippen MR) is 186 cm³/mol. The number of halogens is 2. The van der Waals surface area contributed by atoms with E-state index < -0.39 is 21.3 Å². The molecule has 0 heterocycles. The van der Waals surface area contributed by atoms with E-state index >= 15 is 0 Å². The number of hydrogen-bond donors (Lipinski definition) is 0. The SMILES string of the molecule is CC1=C(c2cccc3ccccc23)c2ccccc2[CH]1[Zr+2](=[C](C)C)[CH]1C(C)=C(c2cccc3ccccc23)c2ccccc21.[Cl-].[Cl-]. The third kappa shape index (κ3) is 5.04. The smallest absolute Gasteiger partial charge is 1.00 e. The molecule has 6 aromatic carbocycles. The van der Waals surface area contributed by atoms with Crippen molar-refractivity contribution in [2.24, 2.45) is 0 Å². The molecule has 0 N–H and O–H groups in total. The molecule has 2 unspecified atom stereocenters. The van der Waals surface area contributed by atoms with Gasteiger partial charge in [0.2, 0.25) is 0 Å². The summed E-state index contributed by atoms with van der Waals surface area (Å²) in [5, 5.41) is 5.32. The minimum absolute atomic E-state index is 0. The van der Waals surface area contributed by atoms with Crippen molar-refractivity contribution >= 4 is 35.9 Å². The van der Waals surface area contributed by atoms with Crippen LogP contribution in [0.25, 0.3) is 32.7 Å². The fourth-order valence-corrected chi connectivity index (χ4v) is 17.8. The number of allylic oxidation sites excluding steroid dienone is 2. The van der Waals surface area contributed by atoms with Crippen LogP contribution >= 0.6 is 0 Å². The van der Waals surface area contributed by atoms with Crippen LogP contribution in [0.4, 0.5) is 0 Å². The van der Waals surface area contributed by atoms with Gasteiger partial charge in [-0.2, -0.15) is 0 Å². The summed E-state index contributed by atoms with van der Waals surface area (Å²) in [5.74, 6) is 0. The molecular formula is C43H36Cl2Zr. The first-order valence-electron chi connectivity index (χ1n) is 15.8. The molecule has 0 bridgehead atoms. The zero-order chi connectivity index (χ0) is 29.9. The maximum atomic E-state index is 2.46. The third-order valence-electron chi connectivity index (χ3n) is 10.1. The molecule has 0 nitrogen and oxygen atoms in total. The van der Waals surface area contributed by atoms with Crippen molar-refractivity contribution in [2.75, 3.05) is 0 Å². The van der Waals surface area contributed by atoms with Crippen molar-refractivity contribution in [1.82, 2.24) is 0 Å². The Kier molecular flexibility index (Phi) is 9.24. The summed E-state index contributed by atoms with van der Waals surface area (Å²) >= 11 is -2.47. The van der Waals surface area contributed by atoms with Crippen molar-refractivity contribution in [3.8, 4) is 0 Å². The molecule has 0 fully saturated rings. The average Bonchev–Trinajstić information content (AvgIpc) is 3.50. The summed E-state index contributed by atoms with van der Waals surface area (Å²) in [6.07, 6.45) is 0. The number of hydrogen-bond acceptors (Lipinski definition) is 0. The average molecular weight is 715 g/mol. The minimum atomic E-state index is -2.47. The molecule has 6 aromatic rings. The van der Waals surface area contributed by atoms with Crippen molar-refractivity contribution < 1.29 is 46.1 Å². The molecule has 3 heteroatoms. The first-order chi connectivity index (χ1) is 21.5. The topological polar surface area (TPSA) is 0 Å². The molecule has 0 amide bonds. The van der Waals surface area contributed by atoms with E-state index in [1.165, 1.54) is 54.9 Å². The van der Waals surface area contributed by atoms with Crippen molar-refractivity contribution in [2.45, 2.75) is 34.9 Å². The van der Waals surface area contributed by atoms with E-state index in [-0.39, 0.29) is 24.8 Å². The third-order valence-corrected chi connectivity index (χ3v) is 19.6. The van der Waals surface area contributed by atoms with Crippen LogP contribution in [-0.2, 0) is 21.3 Å². The van der Waals surface area contributed by atoms with Gasteiger partial charge in [-0.15, -0.1) is 0 Å². The van der Waals surface area contributed by atoms with Crippen molar-refractivity contribution in [3.05, 3.63) is 178 Å². The van der Waals surface area contributed by atoms with Gasteiger partial charge >= 0.3 is 270 Å². The standard InChI is InChI=1S/2C20H15.C3H6.2ClH.Zr/c2*1-14-13-16-8-3-5-11-18(16)20(14)19-12-6-9-15-7-2-4-10-17(15)19;1-3-2;;;/h2*2-13H,1H3;1-2H3;2*1H;/q;;;;;+2/p-2. The first kappa shape index (κ1) is 32.6. The van der Waals surface area contributed by atoms with Crippen LogP contribution in [0.2, 0.25) is 0 Å². The molecule has 0 aromatic heterocycles. The second kappa shape index (κ2) is 13.0. The van der Waals surface area contributed by atoms with Crippen LogP contribution in [0.15, 0.2) is 145 Å². The Labute approximate surface area is 292 Å². The summed E-state index contributed by atoms with van der Waals surface area (Å²) in [6.45, 7) is 9.81. The van der Waals surface area contributed by atoms with E-state index in [9.17, 15) is 0 Å². The van der Waals surface area contributed by atoms with Crippen molar-refractivity contribution in [3.63, 3.8) is 0 Å². The Morgan fingerprint density at radius 2 is 0.783 bits per heavy atom. The molecule has 0 saturated carbocycles. The second-order valence-corrected chi connectivity index (χ2v) is 20.2. The maximum Gasteiger partial charge on any atom is -1.00 e. The normalized spacial score (nSPS) is 16.4. The Morgan fingerprint density at radius 3 is 1.22 bits per heavy atom. The van der Waals surface area contributed by atoms with E-state index in [2.05, 4.69) is 161 Å². The van der Waals surface area contributed by atoms with Gasteiger partial charge < -0.3 is 24.8 Å². The molecule has 0 radical (unpaired) electrons. The Bertz CT molecular complexity index is 2070. The van der Waals surface area contributed by atoms with Crippen LogP contribution in [0.3, 0.4) is 0 Å². The van der Waals surface area contributed by atoms with E-state index in [0.717, 1.165) is 0 Å². The fraction of sp³-hybridized carbons (Fsp3) is 0.140. The second-order valence-electron chi connectivity index (χ2n) is 12.7. The van der Waals surface area contributed by atoms with Crippen molar-refractivity contribution in [1.29, 1.82) is 0 Å². The Morgan fingerprint density at radius 1 is 0.435 bits per heavy atom. The molecule has 0 aliphatic heterocycles. The van der Waals surface area contributed by atoms with Gasteiger partial charge in [-0.1, -0.05) is 0 Å². The minimum Gasteiger partial charge on any atom is -1.00 e. The van der Waals surface area contributed by atoms with Crippen LogP contribution in [0.1, 0.15) is 68.3 Å². The fourth-order valence-electron chi connectivity index (χ4n) is 8.28. The van der Waals surface area contributed by atoms with Gasteiger partial charge in [-0.25, -0.2) is 0 Å². The van der Waals surface area contributed by atoms with Gasteiger partial charge in [-0.3, -0.25) is 0 Å². The van der Waals surface area contributed by atoms with Gasteiger partial charge in [0.25, 0.3) is 0 Å². The number of fused-ring (bicyclic) bond motifs is 4. The quantitative estimate of drug-likeness (QED) is 0.233. The summed E-state index contributed by atoms with van der Waals surface area (Å²) in [5.41, 5.74) is 14.8. The summed E-state index contributed by atoms with van der Waals surface area (Å²) in [6, 6.07) is 50.1. The zero-order valence-corrected chi connectivity index (χ0v) is 30.6. The molecule has 226 valence electrons. The van der Waals surface area contributed by atoms with Crippen LogP contribution in [0.5, 0.6) is 0 Å². The van der Waals surface area contributed by atoms with E-state index in [1.807, 2.05) is 0 Å². The molecule has 2 aliphatic rings. The van der Waals surface area contributed by atoms with Crippen LogP contribution in [-0.4, -0.2) is 3.21 Å². The van der Waals surface area contributed by atoms with E-state index in [4.69, 9.17) is 0 Å². The zero-order valence-electron chi connectivity index (χ0n) is 26.6. The first-order valence-corrected chi connectivity index (χ1v) is 19.8. The van der Waals surface area contributed by atoms with Gasteiger partial charge in [0.15, 0.2) is 0 Å². The van der Waals surface area contributed by atoms with Crippen LogP contribution < -0.4 is 24.8 Å². The van der Waals surface area contributed by atoms with Gasteiger partial charge in [0.1, 0.15) is 0 Å². The number of rotatable bonds is 4. The Balaban J connectivity index is 0.00000186. The van der Waals surface area contributed by atoms with Gasteiger partial charge in [-0.05, 0) is 0 Å². The molecule has 46 heavy (non-hydrogen) atoms. The predicted octanol–water partition coefficient (Wildman–Crippen LogP) is 5.28. The molecular weight excluding hydrogens is 679 g/mol. The van der Waals surface area contributed by atoms with E-state index in [1.54, 1.807) is 25.5 Å². The monoisotopic (exact) mass is 712 g/mol. The van der Waals surface area contributed by atoms with Gasteiger partial charge in [0, 0.05) is 0 Å². The van der Waals surface area contributed by atoms with Gasteiger partial charge in [0.05, 0.1) is 0 Å². The molecule has 2 atom stereocenters. The maximum absolute atomic E-state index is 2.47. The van der Waals surface area contributed by atoms with Crippen LogP contribution in [0, 0.1) is 0 Å². The number of benzene rings is 6. The molecule has 0 saturated heterocycles. The summed E-state index contributed by atoms with van der Waals surface area (Å²) in [4.78, 5) is 0. The Hall–Kier alpha value is -3.35. The van der Waals surface area contributed by atoms with E-state index in [0.29, 0.717) is 7.25 Å². The summed E-state index contributed by atoms with van der Waals surface area (Å²) in [7, 11) is 0. The molecule has 0 spiro atoms. The molecule has 2 aliphatic carbocycles. The molecule has 8 rings (SSSR count).